The van der Waals surface area contributed by atoms with Crippen LogP contribution in [0.2, 0.25) is 0 Å². The van der Waals surface area contributed by atoms with Gasteiger partial charge in [-0.05, 0) is 68.5 Å². The van der Waals surface area contributed by atoms with Gasteiger partial charge in [-0.2, -0.15) is 17.0 Å². The molecule has 0 radical (unpaired) electrons. The van der Waals surface area contributed by atoms with Crippen molar-refractivity contribution in [1.82, 2.24) is 8.61 Å². The summed E-state index contributed by atoms with van der Waals surface area (Å²) in [5.41, 5.74) is 6.06. The Morgan fingerprint density at radius 3 is 2.34 bits per heavy atom. The van der Waals surface area contributed by atoms with Crippen LogP contribution >= 0.6 is 0 Å². The molecule has 6 nitrogen and oxygen atoms in total. The van der Waals surface area contributed by atoms with Crippen LogP contribution in [0.3, 0.4) is 0 Å². The first-order valence-electron chi connectivity index (χ1n) is 9.85. The Morgan fingerprint density at radius 1 is 0.931 bits per heavy atom. The zero-order valence-electron chi connectivity index (χ0n) is 17.5. The van der Waals surface area contributed by atoms with Gasteiger partial charge in [-0.15, -0.1) is 0 Å². The van der Waals surface area contributed by atoms with Gasteiger partial charge in [0, 0.05) is 25.3 Å². The number of rotatable bonds is 5. The van der Waals surface area contributed by atoms with Gasteiger partial charge in [0.2, 0.25) is 5.91 Å². The van der Waals surface area contributed by atoms with Crippen molar-refractivity contribution in [3.63, 3.8) is 0 Å². The summed E-state index contributed by atoms with van der Waals surface area (Å²) >= 11 is 0. The van der Waals surface area contributed by atoms with Crippen LogP contribution in [-0.2, 0) is 21.5 Å². The number of benzene rings is 2. The first-order chi connectivity index (χ1) is 13.7. The Morgan fingerprint density at radius 2 is 1.62 bits per heavy atom. The standard InChI is InChI=1S/C22H29N3O3S/c1-16-6-7-18(3)20(12-16)14-24-10-5-11-25(29(24,27)28)15-22(26)23-21-9-8-17(2)19(4)13-21/h6-9,12-13H,5,10-11,14-15H2,1-4H3,(H,23,26). The SMILES string of the molecule is Cc1ccc(C)c(CN2CCCN(CC(=O)Nc3ccc(C)c(C)c3)S2(=O)=O)c1. The second kappa shape index (κ2) is 8.65. The molecule has 1 aliphatic rings. The van der Waals surface area contributed by atoms with Crippen molar-refractivity contribution in [1.29, 1.82) is 0 Å². The molecule has 0 spiro atoms. The zero-order chi connectivity index (χ0) is 21.2. The highest BCUT2D eigenvalue weighted by atomic mass is 32.2. The van der Waals surface area contributed by atoms with Crippen LogP contribution in [0.15, 0.2) is 36.4 Å². The number of aryl methyl sites for hydroxylation is 4. The van der Waals surface area contributed by atoms with Crippen molar-refractivity contribution < 1.29 is 13.2 Å². The quantitative estimate of drug-likeness (QED) is 0.815. The molecule has 0 aromatic heterocycles. The molecule has 156 valence electrons. The van der Waals surface area contributed by atoms with Gasteiger partial charge in [0.25, 0.3) is 10.2 Å². The molecule has 2 aromatic rings. The first-order valence-corrected chi connectivity index (χ1v) is 11.2. The summed E-state index contributed by atoms with van der Waals surface area (Å²) in [5.74, 6) is -0.328. The molecule has 3 rings (SSSR count). The van der Waals surface area contributed by atoms with Crippen molar-refractivity contribution in [2.24, 2.45) is 0 Å². The fourth-order valence-electron chi connectivity index (χ4n) is 3.48. The lowest BCUT2D eigenvalue weighted by Gasteiger charge is -2.34. The lowest BCUT2D eigenvalue weighted by Crippen LogP contribution is -2.51. The van der Waals surface area contributed by atoms with E-state index in [1.54, 1.807) is 0 Å². The van der Waals surface area contributed by atoms with Crippen LogP contribution in [0.4, 0.5) is 5.69 Å². The predicted molar refractivity (Wildman–Crippen MR) is 116 cm³/mol. The Balaban J connectivity index is 1.70. The third kappa shape index (κ3) is 5.04. The monoisotopic (exact) mass is 415 g/mol. The summed E-state index contributed by atoms with van der Waals surface area (Å²) < 4.78 is 28.9. The van der Waals surface area contributed by atoms with E-state index < -0.39 is 10.2 Å². The molecule has 1 heterocycles. The van der Waals surface area contributed by atoms with E-state index in [1.165, 1.54) is 8.61 Å². The minimum Gasteiger partial charge on any atom is -0.325 e. The molecule has 1 aliphatic heterocycles. The number of nitrogens with zero attached hydrogens (tertiary/aromatic N) is 2. The minimum atomic E-state index is -3.69. The highest BCUT2D eigenvalue weighted by Gasteiger charge is 2.34. The number of anilines is 1. The normalized spacial score (nSPS) is 17.2. The van der Waals surface area contributed by atoms with Gasteiger partial charge in [-0.3, -0.25) is 4.79 Å². The Kier molecular flexibility index (Phi) is 6.41. The largest absolute Gasteiger partial charge is 0.325 e. The number of hydrogen-bond acceptors (Lipinski definition) is 3. The van der Waals surface area contributed by atoms with E-state index in [0.29, 0.717) is 31.7 Å². The van der Waals surface area contributed by atoms with E-state index in [1.807, 2.05) is 64.1 Å². The highest BCUT2D eigenvalue weighted by Crippen LogP contribution is 2.22. The number of carbonyl (C=O) groups excluding carboxylic acids is 1. The Labute approximate surface area is 173 Å². The van der Waals surface area contributed by atoms with E-state index in [0.717, 1.165) is 27.8 Å². The molecule has 1 fully saturated rings. The lowest BCUT2D eigenvalue weighted by molar-refractivity contribution is -0.116. The molecule has 29 heavy (non-hydrogen) atoms. The Bertz CT molecular complexity index is 1020. The second-order valence-electron chi connectivity index (χ2n) is 7.81. The summed E-state index contributed by atoms with van der Waals surface area (Å²) in [6.07, 6.45) is 0.695. The summed E-state index contributed by atoms with van der Waals surface area (Å²) in [6.45, 7) is 8.93. The van der Waals surface area contributed by atoms with Crippen molar-refractivity contribution in [3.05, 3.63) is 64.2 Å². The molecular weight excluding hydrogens is 386 g/mol. The van der Waals surface area contributed by atoms with E-state index in [4.69, 9.17) is 0 Å². The summed E-state index contributed by atoms with van der Waals surface area (Å²) in [4.78, 5) is 12.5. The van der Waals surface area contributed by atoms with Crippen LogP contribution in [0.1, 0.15) is 34.2 Å². The van der Waals surface area contributed by atoms with Crippen LogP contribution in [0, 0.1) is 27.7 Å². The molecule has 0 saturated carbocycles. The molecule has 0 bridgehead atoms. The van der Waals surface area contributed by atoms with Gasteiger partial charge in [0.05, 0.1) is 6.54 Å². The minimum absolute atomic E-state index is 0.182. The maximum atomic E-state index is 13.1. The van der Waals surface area contributed by atoms with Crippen LogP contribution < -0.4 is 5.32 Å². The van der Waals surface area contributed by atoms with Gasteiger partial charge >= 0.3 is 0 Å². The number of amides is 1. The van der Waals surface area contributed by atoms with Crippen LogP contribution in [0.5, 0.6) is 0 Å². The van der Waals surface area contributed by atoms with Crippen molar-refractivity contribution >= 4 is 21.8 Å². The number of carbonyl (C=O) groups is 1. The molecule has 7 heteroatoms. The molecule has 0 atom stereocenters. The van der Waals surface area contributed by atoms with Gasteiger partial charge in [-0.1, -0.05) is 29.8 Å². The van der Waals surface area contributed by atoms with E-state index in [9.17, 15) is 13.2 Å². The van der Waals surface area contributed by atoms with Crippen molar-refractivity contribution in [2.75, 3.05) is 25.0 Å². The molecule has 0 aliphatic carbocycles. The second-order valence-corrected chi connectivity index (χ2v) is 9.73. The molecule has 0 unspecified atom stereocenters. The third-order valence-corrected chi connectivity index (χ3v) is 7.36. The summed E-state index contributed by atoms with van der Waals surface area (Å²) in [6, 6.07) is 11.7. The lowest BCUT2D eigenvalue weighted by atomic mass is 10.1. The van der Waals surface area contributed by atoms with Crippen molar-refractivity contribution in [2.45, 2.75) is 40.7 Å². The average molecular weight is 416 g/mol. The molecule has 2 aromatic carbocycles. The highest BCUT2D eigenvalue weighted by molar-refractivity contribution is 7.86. The first kappa shape index (κ1) is 21.5. The molecule has 1 N–H and O–H groups in total. The Hall–Kier alpha value is -2.22. The van der Waals surface area contributed by atoms with E-state index >= 15 is 0 Å². The fraction of sp³-hybridized carbons (Fsp3) is 0.409. The maximum Gasteiger partial charge on any atom is 0.282 e. The number of hydrogen-bond donors (Lipinski definition) is 1. The van der Waals surface area contributed by atoms with E-state index in [2.05, 4.69) is 5.32 Å². The van der Waals surface area contributed by atoms with Gasteiger partial charge < -0.3 is 5.32 Å². The molecular formula is C22H29N3O3S. The third-order valence-electron chi connectivity index (χ3n) is 5.43. The van der Waals surface area contributed by atoms with Gasteiger partial charge in [-0.25, -0.2) is 0 Å². The predicted octanol–water partition coefficient (Wildman–Crippen LogP) is 3.31. The van der Waals surface area contributed by atoms with Gasteiger partial charge in [0.1, 0.15) is 0 Å². The summed E-state index contributed by atoms with van der Waals surface area (Å²) in [5, 5.41) is 2.81. The zero-order valence-corrected chi connectivity index (χ0v) is 18.3. The smallest absolute Gasteiger partial charge is 0.282 e. The van der Waals surface area contributed by atoms with E-state index in [-0.39, 0.29) is 12.5 Å². The summed E-state index contributed by atoms with van der Waals surface area (Å²) in [7, 11) is -3.69. The topological polar surface area (TPSA) is 69.7 Å². The maximum absolute atomic E-state index is 13.1. The van der Waals surface area contributed by atoms with Crippen LogP contribution in [0.25, 0.3) is 0 Å². The molecule has 1 amide bonds. The van der Waals surface area contributed by atoms with Crippen LogP contribution in [-0.4, -0.2) is 42.6 Å². The van der Waals surface area contributed by atoms with Crippen molar-refractivity contribution in [3.8, 4) is 0 Å². The molecule has 1 saturated heterocycles. The average Bonchev–Trinajstić information content (AvgIpc) is 2.64. The van der Waals surface area contributed by atoms with Gasteiger partial charge in [0.15, 0.2) is 0 Å². The fourth-order valence-corrected chi connectivity index (χ4v) is 5.11. The number of nitrogens with one attached hydrogen (secondary N) is 1.